The van der Waals surface area contributed by atoms with Gasteiger partial charge in [0.05, 0.1) is 6.04 Å². The minimum absolute atomic E-state index is 0.0421. The molecule has 1 atom stereocenters. The van der Waals surface area contributed by atoms with Crippen LogP contribution in [0.15, 0.2) is 0 Å². The predicted octanol–water partition coefficient (Wildman–Crippen LogP) is 0.733. The molecule has 1 heterocycles. The maximum absolute atomic E-state index is 11.9. The molecule has 0 bridgehead atoms. The van der Waals surface area contributed by atoms with Gasteiger partial charge in [0.1, 0.15) is 0 Å². The zero-order valence-corrected chi connectivity index (χ0v) is 12.5. The molecule has 5 nitrogen and oxygen atoms in total. The van der Waals surface area contributed by atoms with E-state index in [-0.39, 0.29) is 29.7 Å². The van der Waals surface area contributed by atoms with Crippen LogP contribution >= 0.6 is 0 Å². The van der Waals surface area contributed by atoms with E-state index in [0.29, 0.717) is 0 Å². The highest BCUT2D eigenvalue weighted by molar-refractivity contribution is 5.82. The zero-order valence-electron chi connectivity index (χ0n) is 12.5. The molecule has 1 aliphatic rings. The summed E-state index contributed by atoms with van der Waals surface area (Å²) in [5.41, 5.74) is 5.82. The van der Waals surface area contributed by atoms with Gasteiger partial charge < -0.3 is 16.0 Å². The van der Waals surface area contributed by atoms with Crippen LogP contribution in [0.4, 0.5) is 0 Å². The van der Waals surface area contributed by atoms with Gasteiger partial charge in [0.15, 0.2) is 0 Å². The van der Waals surface area contributed by atoms with Crippen LogP contribution in [0.5, 0.6) is 0 Å². The molecule has 0 aliphatic carbocycles. The topological polar surface area (TPSA) is 75.4 Å². The molecule has 0 aromatic heterocycles. The molecule has 1 rings (SSSR count). The number of nitrogens with two attached hydrogens (primary N) is 1. The molecule has 0 aromatic carbocycles. The highest BCUT2D eigenvalue weighted by Gasteiger charge is 2.26. The van der Waals surface area contributed by atoms with E-state index >= 15 is 0 Å². The highest BCUT2D eigenvalue weighted by atomic mass is 16.2. The minimum atomic E-state index is -0.449. The molecule has 19 heavy (non-hydrogen) atoms. The lowest BCUT2D eigenvalue weighted by atomic mass is 10.0. The Morgan fingerprint density at radius 3 is 2.11 bits per heavy atom. The van der Waals surface area contributed by atoms with Gasteiger partial charge in [-0.2, -0.15) is 0 Å². The van der Waals surface area contributed by atoms with E-state index in [1.54, 1.807) is 0 Å². The first-order valence-electron chi connectivity index (χ1n) is 7.17. The van der Waals surface area contributed by atoms with E-state index in [2.05, 4.69) is 5.32 Å². The maximum Gasteiger partial charge on any atom is 0.237 e. The van der Waals surface area contributed by atoms with E-state index in [1.807, 2.05) is 32.6 Å². The molecule has 1 fully saturated rings. The van der Waals surface area contributed by atoms with Crippen molar-refractivity contribution in [3.05, 3.63) is 0 Å². The Morgan fingerprint density at radius 2 is 1.68 bits per heavy atom. The van der Waals surface area contributed by atoms with E-state index < -0.39 is 6.04 Å². The lowest BCUT2D eigenvalue weighted by molar-refractivity contribution is -0.135. The van der Waals surface area contributed by atoms with Crippen molar-refractivity contribution in [2.75, 3.05) is 13.1 Å². The number of carbonyl (C=O) groups excluding carboxylic acids is 2. The maximum atomic E-state index is 11.9. The molecule has 0 spiro atoms. The Balaban J connectivity index is 2.38. The zero-order chi connectivity index (χ0) is 14.6. The van der Waals surface area contributed by atoms with Gasteiger partial charge in [0.2, 0.25) is 11.8 Å². The fourth-order valence-electron chi connectivity index (χ4n) is 2.21. The Labute approximate surface area is 115 Å². The van der Waals surface area contributed by atoms with Crippen LogP contribution in [0, 0.1) is 11.8 Å². The second-order valence-corrected chi connectivity index (χ2v) is 6.03. The fourth-order valence-corrected chi connectivity index (χ4v) is 2.21. The summed E-state index contributed by atoms with van der Waals surface area (Å²) >= 11 is 0. The van der Waals surface area contributed by atoms with Gasteiger partial charge in [0.25, 0.3) is 0 Å². The molecule has 0 saturated carbocycles. The number of nitrogens with zero attached hydrogens (tertiary/aromatic N) is 1. The van der Waals surface area contributed by atoms with E-state index in [9.17, 15) is 9.59 Å². The van der Waals surface area contributed by atoms with Gasteiger partial charge >= 0.3 is 0 Å². The number of likely N-dealkylation sites (tertiary alicyclic amines) is 1. The third-order valence-corrected chi connectivity index (χ3v) is 3.67. The van der Waals surface area contributed by atoms with Crippen LogP contribution in [0.25, 0.3) is 0 Å². The summed E-state index contributed by atoms with van der Waals surface area (Å²) in [6, 6.07) is -0.302. The molecule has 5 heteroatoms. The van der Waals surface area contributed by atoms with Crippen molar-refractivity contribution in [1.29, 1.82) is 0 Å². The second-order valence-electron chi connectivity index (χ2n) is 6.03. The third-order valence-electron chi connectivity index (χ3n) is 3.67. The quantitative estimate of drug-likeness (QED) is 0.790. The molecule has 0 radical (unpaired) electrons. The van der Waals surface area contributed by atoms with Gasteiger partial charge in [-0.1, -0.05) is 27.7 Å². The first-order chi connectivity index (χ1) is 8.82. The van der Waals surface area contributed by atoms with Crippen LogP contribution in [0.1, 0.15) is 40.5 Å². The Bertz CT molecular complexity index is 321. The van der Waals surface area contributed by atoms with Crippen LogP contribution in [-0.4, -0.2) is 41.9 Å². The first kappa shape index (κ1) is 16.0. The Morgan fingerprint density at radius 1 is 1.16 bits per heavy atom. The summed E-state index contributed by atoms with van der Waals surface area (Å²) in [6.45, 7) is 9.15. The number of amides is 2. The number of hydrogen-bond donors (Lipinski definition) is 2. The largest absolute Gasteiger partial charge is 0.352 e. The lowest BCUT2D eigenvalue weighted by Crippen LogP contribution is -2.52. The Hall–Kier alpha value is -1.10. The van der Waals surface area contributed by atoms with Crippen molar-refractivity contribution >= 4 is 11.8 Å². The number of nitrogens with one attached hydrogen (secondary N) is 1. The number of piperidine rings is 1. The van der Waals surface area contributed by atoms with Crippen LogP contribution in [0.3, 0.4) is 0 Å². The lowest BCUT2D eigenvalue weighted by Gasteiger charge is -2.34. The number of carbonyl (C=O) groups is 2. The summed E-state index contributed by atoms with van der Waals surface area (Å²) < 4.78 is 0. The molecule has 1 saturated heterocycles. The van der Waals surface area contributed by atoms with Crippen molar-refractivity contribution in [2.24, 2.45) is 17.6 Å². The second kappa shape index (κ2) is 6.89. The smallest absolute Gasteiger partial charge is 0.237 e. The van der Waals surface area contributed by atoms with Gasteiger partial charge in [-0.15, -0.1) is 0 Å². The van der Waals surface area contributed by atoms with E-state index in [1.165, 1.54) is 0 Å². The molecule has 3 N–H and O–H groups in total. The van der Waals surface area contributed by atoms with Gasteiger partial charge in [-0.3, -0.25) is 9.59 Å². The fraction of sp³-hybridized carbons (Fsp3) is 0.857. The van der Waals surface area contributed by atoms with Crippen molar-refractivity contribution in [1.82, 2.24) is 10.2 Å². The SMILES string of the molecule is CC(C)C(=O)N1CCC(NC(=O)[C@@H](N)C(C)C)CC1. The molecule has 0 aromatic rings. The van der Waals surface area contributed by atoms with Crippen molar-refractivity contribution in [3.8, 4) is 0 Å². The van der Waals surface area contributed by atoms with E-state index in [0.717, 1.165) is 25.9 Å². The first-order valence-corrected chi connectivity index (χ1v) is 7.17. The summed E-state index contributed by atoms with van der Waals surface area (Å²) in [6.07, 6.45) is 1.63. The molecule has 1 aliphatic heterocycles. The Kier molecular flexibility index (Phi) is 5.79. The molecular weight excluding hydrogens is 242 g/mol. The third kappa shape index (κ3) is 4.49. The van der Waals surface area contributed by atoms with E-state index in [4.69, 9.17) is 5.73 Å². The summed E-state index contributed by atoms with van der Waals surface area (Å²) in [7, 11) is 0. The van der Waals surface area contributed by atoms with Crippen molar-refractivity contribution in [3.63, 3.8) is 0 Å². The predicted molar refractivity (Wildman–Crippen MR) is 75.4 cm³/mol. The monoisotopic (exact) mass is 269 g/mol. The average Bonchev–Trinajstić information content (AvgIpc) is 2.37. The normalized spacial score (nSPS) is 18.8. The standard InChI is InChI=1S/C14H27N3O2/c1-9(2)12(15)13(18)16-11-5-7-17(8-6-11)14(19)10(3)4/h9-12H,5-8,15H2,1-4H3,(H,16,18)/t12-/m0/s1. The van der Waals surface area contributed by atoms with Gasteiger partial charge in [-0.05, 0) is 18.8 Å². The molecule has 0 unspecified atom stereocenters. The average molecular weight is 269 g/mol. The van der Waals surface area contributed by atoms with Crippen LogP contribution < -0.4 is 11.1 Å². The summed E-state index contributed by atoms with van der Waals surface area (Å²) in [5, 5.41) is 2.99. The number of rotatable bonds is 4. The number of hydrogen-bond acceptors (Lipinski definition) is 3. The van der Waals surface area contributed by atoms with Crippen molar-refractivity contribution in [2.45, 2.75) is 52.6 Å². The molecule has 110 valence electrons. The summed E-state index contributed by atoms with van der Waals surface area (Å²) in [4.78, 5) is 25.6. The van der Waals surface area contributed by atoms with Gasteiger partial charge in [0, 0.05) is 25.0 Å². The summed E-state index contributed by atoms with van der Waals surface area (Å²) in [5.74, 6) is 0.301. The van der Waals surface area contributed by atoms with Crippen molar-refractivity contribution < 1.29 is 9.59 Å². The van der Waals surface area contributed by atoms with Crippen LogP contribution in [0.2, 0.25) is 0 Å². The highest BCUT2D eigenvalue weighted by Crippen LogP contribution is 2.13. The minimum Gasteiger partial charge on any atom is -0.352 e. The van der Waals surface area contributed by atoms with Gasteiger partial charge in [-0.25, -0.2) is 0 Å². The molecule has 2 amide bonds. The van der Waals surface area contributed by atoms with Crippen LogP contribution in [-0.2, 0) is 9.59 Å². The molecular formula is C14H27N3O2.